The van der Waals surface area contributed by atoms with Crippen molar-refractivity contribution < 1.29 is 14.6 Å². The summed E-state index contributed by atoms with van der Waals surface area (Å²) in [5.74, 6) is 0.518. The molecule has 1 saturated heterocycles. The summed E-state index contributed by atoms with van der Waals surface area (Å²) in [6.07, 6.45) is 5.66. The average Bonchev–Trinajstić information content (AvgIpc) is 2.70. The van der Waals surface area contributed by atoms with Gasteiger partial charge >= 0.3 is 0 Å². The monoisotopic (exact) mass is 399 g/mol. The van der Waals surface area contributed by atoms with Gasteiger partial charge in [-0.3, -0.25) is 4.79 Å². The van der Waals surface area contributed by atoms with E-state index in [0.29, 0.717) is 12.0 Å². The topological polar surface area (TPSA) is 49.8 Å². The Hall–Kier alpha value is -1.39. The summed E-state index contributed by atoms with van der Waals surface area (Å²) < 4.78 is 5.50. The van der Waals surface area contributed by atoms with E-state index in [0.717, 1.165) is 50.6 Å². The summed E-state index contributed by atoms with van der Waals surface area (Å²) in [7, 11) is 1.78. The fraction of sp³-hybridized carbons (Fsp3) is 0.720. The summed E-state index contributed by atoms with van der Waals surface area (Å²) >= 11 is 0. The molecular formula is C25H37NO3. The third-order valence-electron chi connectivity index (χ3n) is 8.75. The van der Waals surface area contributed by atoms with Crippen molar-refractivity contribution in [1.82, 2.24) is 4.90 Å². The highest BCUT2D eigenvalue weighted by Gasteiger charge is 2.57. The maximum Gasteiger partial charge on any atom is 0.225 e. The second kappa shape index (κ2) is 7.39. The van der Waals surface area contributed by atoms with Crippen LogP contribution in [0.3, 0.4) is 0 Å². The van der Waals surface area contributed by atoms with Crippen molar-refractivity contribution in [1.29, 1.82) is 0 Å². The van der Waals surface area contributed by atoms with Crippen LogP contribution >= 0.6 is 0 Å². The Bertz CT molecular complexity index is 778. The molecular weight excluding hydrogens is 362 g/mol. The average molecular weight is 400 g/mol. The van der Waals surface area contributed by atoms with Crippen LogP contribution in [0, 0.1) is 11.3 Å². The molecule has 29 heavy (non-hydrogen) atoms. The summed E-state index contributed by atoms with van der Waals surface area (Å²) in [5.41, 5.74) is 3.73. The van der Waals surface area contributed by atoms with E-state index in [1.807, 2.05) is 6.92 Å². The second-order valence-electron chi connectivity index (χ2n) is 10.4. The van der Waals surface area contributed by atoms with E-state index in [2.05, 4.69) is 43.9 Å². The van der Waals surface area contributed by atoms with Gasteiger partial charge in [0.25, 0.3) is 0 Å². The van der Waals surface area contributed by atoms with Gasteiger partial charge in [0.2, 0.25) is 5.91 Å². The van der Waals surface area contributed by atoms with Crippen molar-refractivity contribution in [3.05, 3.63) is 34.9 Å². The Labute approximate surface area is 175 Å². The molecule has 2 bridgehead atoms. The van der Waals surface area contributed by atoms with Gasteiger partial charge in [-0.05, 0) is 67.6 Å². The molecule has 1 heterocycles. The predicted molar refractivity (Wildman–Crippen MR) is 115 cm³/mol. The summed E-state index contributed by atoms with van der Waals surface area (Å²) in [6.45, 7) is 9.73. The quantitative estimate of drug-likeness (QED) is 0.820. The normalized spacial score (nSPS) is 34.4. The van der Waals surface area contributed by atoms with Gasteiger partial charge in [0.05, 0.1) is 12.2 Å². The smallest absolute Gasteiger partial charge is 0.225 e. The van der Waals surface area contributed by atoms with Crippen LogP contribution in [0.1, 0.15) is 82.6 Å². The lowest BCUT2D eigenvalue weighted by Gasteiger charge is -2.61. The number of piperidine rings is 1. The van der Waals surface area contributed by atoms with Crippen LogP contribution in [0.15, 0.2) is 18.2 Å². The number of ether oxygens (including phenoxy) is 1. The molecule has 1 saturated carbocycles. The van der Waals surface area contributed by atoms with Gasteiger partial charge in [-0.1, -0.05) is 39.0 Å². The minimum absolute atomic E-state index is 0.00500. The van der Waals surface area contributed by atoms with E-state index in [1.54, 1.807) is 7.11 Å². The minimum atomic E-state index is -0.450. The van der Waals surface area contributed by atoms with E-state index in [1.165, 1.54) is 11.1 Å². The summed E-state index contributed by atoms with van der Waals surface area (Å²) in [6, 6.07) is 6.70. The van der Waals surface area contributed by atoms with Crippen LogP contribution in [0.5, 0.6) is 0 Å². The number of hydrogen-bond acceptors (Lipinski definition) is 3. The molecule has 4 heteroatoms. The number of aliphatic hydroxyl groups excluding tert-OH is 1. The first kappa shape index (κ1) is 20.9. The van der Waals surface area contributed by atoms with Crippen molar-refractivity contribution in [2.24, 2.45) is 11.3 Å². The Morgan fingerprint density at radius 1 is 1.21 bits per heavy atom. The van der Waals surface area contributed by atoms with Crippen LogP contribution in [0.25, 0.3) is 0 Å². The number of likely N-dealkylation sites (tertiary alicyclic amines) is 1. The van der Waals surface area contributed by atoms with Gasteiger partial charge in [0.1, 0.15) is 0 Å². The van der Waals surface area contributed by atoms with Gasteiger partial charge in [-0.2, -0.15) is 0 Å². The Morgan fingerprint density at radius 2 is 1.90 bits per heavy atom. The Kier molecular flexibility index (Phi) is 5.31. The van der Waals surface area contributed by atoms with E-state index >= 15 is 0 Å². The zero-order chi connectivity index (χ0) is 21.0. The van der Waals surface area contributed by atoms with Gasteiger partial charge in [-0.25, -0.2) is 0 Å². The summed E-state index contributed by atoms with van der Waals surface area (Å²) in [5, 5.41) is 10.1. The molecule has 4 rings (SSSR count). The molecule has 3 aliphatic rings. The number of benzene rings is 1. The van der Waals surface area contributed by atoms with E-state index < -0.39 is 6.10 Å². The lowest BCUT2D eigenvalue weighted by atomic mass is 9.50. The van der Waals surface area contributed by atoms with Crippen LogP contribution in [-0.4, -0.2) is 41.7 Å². The number of aliphatic hydroxyl groups is 1. The van der Waals surface area contributed by atoms with E-state index in [9.17, 15) is 9.90 Å². The molecule has 1 unspecified atom stereocenters. The van der Waals surface area contributed by atoms with E-state index in [4.69, 9.17) is 4.74 Å². The van der Waals surface area contributed by atoms with Gasteiger partial charge in [-0.15, -0.1) is 0 Å². The maximum atomic E-state index is 13.5. The molecule has 1 N–H and O–H groups in total. The molecule has 160 valence electrons. The first-order valence-corrected chi connectivity index (χ1v) is 11.3. The molecule has 2 fully saturated rings. The third kappa shape index (κ3) is 3.23. The highest BCUT2D eigenvalue weighted by molar-refractivity contribution is 5.80. The Morgan fingerprint density at radius 3 is 2.52 bits per heavy atom. The SMILES string of the molecule is COC1CCC(C(=O)N2CC[C@@]3(C)c4cc(C(C)O)ccc4C[C@H]2C3(C)C)CC1. The number of rotatable bonds is 3. The molecule has 3 atom stereocenters. The fourth-order valence-corrected chi connectivity index (χ4v) is 6.22. The standard InChI is InChI=1S/C25H37NO3/c1-16(27)18-6-7-19-15-22-24(2,3)25(4,21(19)14-18)12-13-26(22)23(28)17-8-10-20(29-5)11-9-17/h6-7,14,16-17,20,22,27H,8-13,15H2,1-5H3/t16?,17?,20?,22-,25-/m0/s1. The fourth-order valence-electron chi connectivity index (χ4n) is 6.22. The molecule has 0 spiro atoms. The number of fused-ring (bicyclic) bond motifs is 4. The zero-order valence-corrected chi connectivity index (χ0v) is 18.7. The van der Waals surface area contributed by atoms with Crippen molar-refractivity contribution in [3.8, 4) is 0 Å². The van der Waals surface area contributed by atoms with Gasteiger partial charge in [0.15, 0.2) is 0 Å². The highest BCUT2D eigenvalue weighted by Crippen LogP contribution is 2.56. The number of hydrogen-bond donors (Lipinski definition) is 1. The minimum Gasteiger partial charge on any atom is -0.389 e. The van der Waals surface area contributed by atoms with Crippen LogP contribution in [0.2, 0.25) is 0 Å². The lowest BCUT2D eigenvalue weighted by molar-refractivity contribution is -0.150. The van der Waals surface area contributed by atoms with E-state index in [-0.39, 0.29) is 22.8 Å². The predicted octanol–water partition coefficient (Wildman–Crippen LogP) is 4.39. The highest BCUT2D eigenvalue weighted by atomic mass is 16.5. The molecule has 1 amide bonds. The second-order valence-corrected chi connectivity index (χ2v) is 10.4. The maximum absolute atomic E-state index is 13.5. The van der Waals surface area contributed by atoms with Crippen molar-refractivity contribution in [2.45, 2.75) is 89.9 Å². The van der Waals surface area contributed by atoms with Gasteiger partial charge < -0.3 is 14.7 Å². The summed E-state index contributed by atoms with van der Waals surface area (Å²) in [4.78, 5) is 15.8. The number of carbonyl (C=O) groups is 1. The van der Waals surface area contributed by atoms with Crippen molar-refractivity contribution >= 4 is 5.91 Å². The molecule has 0 radical (unpaired) electrons. The number of amides is 1. The molecule has 1 aromatic rings. The molecule has 1 aromatic carbocycles. The zero-order valence-electron chi connectivity index (χ0n) is 18.7. The molecule has 2 aliphatic carbocycles. The largest absolute Gasteiger partial charge is 0.389 e. The van der Waals surface area contributed by atoms with Crippen molar-refractivity contribution in [2.75, 3.05) is 13.7 Å². The Balaban J connectivity index is 1.63. The van der Waals surface area contributed by atoms with Crippen LogP contribution < -0.4 is 0 Å². The first-order chi connectivity index (χ1) is 13.7. The lowest BCUT2D eigenvalue weighted by Crippen LogP contribution is -2.65. The number of nitrogens with zero attached hydrogens (tertiary/aromatic N) is 1. The number of carbonyl (C=O) groups excluding carboxylic acids is 1. The molecule has 0 aromatic heterocycles. The van der Waals surface area contributed by atoms with Crippen molar-refractivity contribution in [3.63, 3.8) is 0 Å². The third-order valence-corrected chi connectivity index (χ3v) is 8.75. The van der Waals surface area contributed by atoms with Crippen LogP contribution in [0.4, 0.5) is 0 Å². The molecule has 1 aliphatic heterocycles. The van der Waals surface area contributed by atoms with Gasteiger partial charge in [0, 0.05) is 31.0 Å². The molecule has 4 nitrogen and oxygen atoms in total. The number of methoxy groups -OCH3 is 1. The van der Waals surface area contributed by atoms with Crippen LogP contribution in [-0.2, 0) is 21.4 Å². The first-order valence-electron chi connectivity index (χ1n) is 11.3.